The zero-order chi connectivity index (χ0) is 35.4. The van der Waals surface area contributed by atoms with E-state index in [1.54, 1.807) is 28.4 Å². The molecule has 0 spiro atoms. The summed E-state index contributed by atoms with van der Waals surface area (Å²) < 4.78 is 24.9. The van der Waals surface area contributed by atoms with Crippen molar-refractivity contribution in [3.05, 3.63) is 71.5 Å². The molecule has 266 valence electrons. The van der Waals surface area contributed by atoms with Crippen molar-refractivity contribution in [2.24, 2.45) is 0 Å². The van der Waals surface area contributed by atoms with E-state index in [1.807, 2.05) is 30.3 Å². The summed E-state index contributed by atoms with van der Waals surface area (Å²) >= 11 is 0. The maximum Gasteiger partial charge on any atom is 0.155 e. The molecule has 0 atom stereocenters. The normalized spacial score (nSPS) is 14.0. The molecule has 0 unspecified atom stereocenters. The fourth-order valence-electron chi connectivity index (χ4n) is 6.90. The van der Waals surface area contributed by atoms with Gasteiger partial charge in [-0.2, -0.15) is 0 Å². The number of unbranched alkanes of at least 4 members (excludes halogenated alkanes) is 1. The summed E-state index contributed by atoms with van der Waals surface area (Å²) in [7, 11) is 6.73. The molecule has 0 bridgehead atoms. The molecule has 5 aromatic rings. The molecule has 10 nitrogen and oxygen atoms in total. The number of hydrogen-bond acceptors (Lipinski definition) is 9. The highest BCUT2D eigenvalue weighted by Gasteiger charge is 2.27. The van der Waals surface area contributed by atoms with Gasteiger partial charge in [0.15, 0.2) is 5.82 Å². The van der Waals surface area contributed by atoms with Crippen molar-refractivity contribution >= 4 is 33.4 Å². The predicted molar refractivity (Wildman–Crippen MR) is 203 cm³/mol. The first kappa shape index (κ1) is 35.1. The summed E-state index contributed by atoms with van der Waals surface area (Å²) in [4.78, 5) is 15.6. The Morgan fingerprint density at radius 3 is 2.04 bits per heavy atom. The molecule has 1 saturated heterocycles. The average Bonchev–Trinajstić information content (AvgIpc) is 3.50. The third kappa shape index (κ3) is 7.26. The molecule has 3 heterocycles. The van der Waals surface area contributed by atoms with Gasteiger partial charge in [0.1, 0.15) is 34.3 Å². The number of rotatable bonds is 13. The van der Waals surface area contributed by atoms with Crippen LogP contribution in [0.15, 0.2) is 54.6 Å². The lowest BCUT2D eigenvalue weighted by molar-refractivity contribution is 0.128. The standard InChI is InChI=1S/C40H52N6O4/c1-9-10-11-36-43-37-38(46(36)26-28-13-16-31(48-6)24-35(28)50-8)32-22-29(44-18-20-45(21-19-44)40(2,3)4)14-17-33(32)42-39(37)41-25-27-12-15-30(47-5)23-34(27)49-7/h12-17,22-24H,9-11,18-21,25-26H2,1-8H3,(H,41,42). The van der Waals surface area contributed by atoms with Crippen LogP contribution >= 0.6 is 0 Å². The van der Waals surface area contributed by atoms with E-state index in [-0.39, 0.29) is 5.54 Å². The molecule has 3 aromatic carbocycles. The van der Waals surface area contributed by atoms with Gasteiger partial charge >= 0.3 is 0 Å². The van der Waals surface area contributed by atoms with Gasteiger partial charge in [0.25, 0.3) is 0 Å². The number of methoxy groups -OCH3 is 4. The first-order valence-corrected chi connectivity index (χ1v) is 17.7. The van der Waals surface area contributed by atoms with Gasteiger partial charge in [-0.15, -0.1) is 0 Å². The Balaban J connectivity index is 1.49. The fourth-order valence-corrected chi connectivity index (χ4v) is 6.90. The lowest BCUT2D eigenvalue weighted by Crippen LogP contribution is -2.53. The number of hydrogen-bond donors (Lipinski definition) is 1. The zero-order valence-electron chi connectivity index (χ0n) is 30.9. The van der Waals surface area contributed by atoms with Gasteiger partial charge < -0.3 is 33.7 Å². The fraction of sp³-hybridized carbons (Fsp3) is 0.450. The first-order valence-electron chi connectivity index (χ1n) is 17.7. The van der Waals surface area contributed by atoms with E-state index in [0.29, 0.717) is 13.1 Å². The van der Waals surface area contributed by atoms with Crippen LogP contribution in [0.1, 0.15) is 57.5 Å². The van der Waals surface area contributed by atoms with Gasteiger partial charge in [0, 0.05) is 79.0 Å². The van der Waals surface area contributed by atoms with E-state index < -0.39 is 0 Å². The smallest absolute Gasteiger partial charge is 0.155 e. The number of anilines is 2. The Morgan fingerprint density at radius 1 is 0.760 bits per heavy atom. The van der Waals surface area contributed by atoms with Gasteiger partial charge in [0.2, 0.25) is 0 Å². The van der Waals surface area contributed by atoms with Crippen LogP contribution in [0.5, 0.6) is 23.0 Å². The Hall–Kier alpha value is -4.70. The Labute approximate surface area is 296 Å². The molecule has 0 amide bonds. The predicted octanol–water partition coefficient (Wildman–Crippen LogP) is 7.54. The van der Waals surface area contributed by atoms with Gasteiger partial charge in [-0.1, -0.05) is 13.3 Å². The second-order valence-corrected chi connectivity index (χ2v) is 13.9. The van der Waals surface area contributed by atoms with Crippen molar-refractivity contribution in [2.45, 2.75) is 65.6 Å². The third-order valence-electron chi connectivity index (χ3n) is 9.85. The second kappa shape index (κ2) is 15.0. The number of fused-ring (bicyclic) bond motifs is 3. The molecule has 10 heteroatoms. The van der Waals surface area contributed by atoms with Crippen LogP contribution in [-0.2, 0) is 19.5 Å². The van der Waals surface area contributed by atoms with Crippen LogP contribution in [0.25, 0.3) is 21.9 Å². The summed E-state index contributed by atoms with van der Waals surface area (Å²) in [6.45, 7) is 14.2. The number of piperazine rings is 1. The molecule has 1 N–H and O–H groups in total. The Morgan fingerprint density at radius 2 is 1.42 bits per heavy atom. The van der Waals surface area contributed by atoms with Crippen LogP contribution in [0.3, 0.4) is 0 Å². The van der Waals surface area contributed by atoms with Crippen molar-refractivity contribution in [3.63, 3.8) is 0 Å². The topological polar surface area (TPSA) is 86.1 Å². The monoisotopic (exact) mass is 680 g/mol. The van der Waals surface area contributed by atoms with Crippen LogP contribution in [-0.4, -0.2) is 79.6 Å². The van der Waals surface area contributed by atoms with Crippen LogP contribution in [0.2, 0.25) is 0 Å². The quantitative estimate of drug-likeness (QED) is 0.136. The second-order valence-electron chi connectivity index (χ2n) is 13.9. The van der Waals surface area contributed by atoms with Gasteiger partial charge in [-0.3, -0.25) is 4.90 Å². The molecule has 1 aliphatic heterocycles. The minimum Gasteiger partial charge on any atom is -0.497 e. The number of ether oxygens (including phenoxy) is 4. The van der Waals surface area contributed by atoms with Crippen molar-refractivity contribution in [3.8, 4) is 23.0 Å². The summed E-state index contributed by atoms with van der Waals surface area (Å²) in [5.74, 6) is 4.83. The highest BCUT2D eigenvalue weighted by atomic mass is 16.5. The molecule has 0 aliphatic carbocycles. The van der Waals surface area contributed by atoms with E-state index in [4.69, 9.17) is 28.9 Å². The summed E-state index contributed by atoms with van der Waals surface area (Å²) in [5.41, 5.74) is 6.28. The molecule has 2 aromatic heterocycles. The summed E-state index contributed by atoms with van der Waals surface area (Å²) in [5, 5.41) is 4.73. The number of aryl methyl sites for hydroxylation is 1. The molecular formula is C40H52N6O4. The highest BCUT2D eigenvalue weighted by Crippen LogP contribution is 2.36. The number of pyridine rings is 1. The zero-order valence-corrected chi connectivity index (χ0v) is 30.9. The highest BCUT2D eigenvalue weighted by molar-refractivity contribution is 6.08. The van der Waals surface area contributed by atoms with Crippen LogP contribution in [0.4, 0.5) is 11.5 Å². The number of nitrogens with zero attached hydrogens (tertiary/aromatic N) is 5. The number of benzene rings is 3. The van der Waals surface area contributed by atoms with E-state index in [2.05, 4.69) is 71.6 Å². The third-order valence-corrected chi connectivity index (χ3v) is 9.85. The molecule has 50 heavy (non-hydrogen) atoms. The summed E-state index contributed by atoms with van der Waals surface area (Å²) in [6.07, 6.45) is 2.95. The van der Waals surface area contributed by atoms with Gasteiger partial charge in [-0.05, 0) is 69.7 Å². The number of imidazole rings is 1. The van der Waals surface area contributed by atoms with E-state index in [9.17, 15) is 0 Å². The molecule has 1 fully saturated rings. The van der Waals surface area contributed by atoms with E-state index in [1.165, 1.54) is 5.69 Å². The van der Waals surface area contributed by atoms with Crippen LogP contribution in [0, 0.1) is 0 Å². The molecule has 0 radical (unpaired) electrons. The van der Waals surface area contributed by atoms with Crippen molar-refractivity contribution in [1.29, 1.82) is 0 Å². The van der Waals surface area contributed by atoms with Crippen LogP contribution < -0.4 is 29.2 Å². The molecule has 0 saturated carbocycles. The largest absolute Gasteiger partial charge is 0.497 e. The average molecular weight is 681 g/mol. The lowest BCUT2D eigenvalue weighted by Gasteiger charge is -2.43. The number of aromatic nitrogens is 3. The molecular weight excluding hydrogens is 628 g/mol. The SMILES string of the molecule is CCCCc1nc2c(NCc3ccc(OC)cc3OC)nc3ccc(N4CCN(C(C)(C)C)CC4)cc3c2n1Cc1ccc(OC)cc1OC. The lowest BCUT2D eigenvalue weighted by atomic mass is 10.0. The Bertz CT molecular complexity index is 1940. The minimum atomic E-state index is 0.161. The van der Waals surface area contributed by atoms with Crippen molar-refractivity contribution in [1.82, 2.24) is 19.4 Å². The Kier molecular flexibility index (Phi) is 10.6. The van der Waals surface area contributed by atoms with Gasteiger partial charge in [-0.25, -0.2) is 9.97 Å². The van der Waals surface area contributed by atoms with Crippen molar-refractivity contribution in [2.75, 3.05) is 64.8 Å². The van der Waals surface area contributed by atoms with E-state index in [0.717, 1.165) is 113 Å². The maximum absolute atomic E-state index is 5.87. The van der Waals surface area contributed by atoms with E-state index >= 15 is 0 Å². The molecule has 1 aliphatic rings. The first-order chi connectivity index (χ1) is 24.2. The van der Waals surface area contributed by atoms with Gasteiger partial charge in [0.05, 0.1) is 46.0 Å². The molecule has 6 rings (SSSR count). The maximum atomic E-state index is 5.87. The number of nitrogens with one attached hydrogen (secondary N) is 1. The minimum absolute atomic E-state index is 0.161. The van der Waals surface area contributed by atoms with Crippen molar-refractivity contribution < 1.29 is 18.9 Å². The summed E-state index contributed by atoms with van der Waals surface area (Å²) in [6, 6.07) is 18.6.